The smallest absolute Gasteiger partial charge is 0.0701 e. The van der Waals surface area contributed by atoms with Crippen molar-refractivity contribution in [3.8, 4) is 11.3 Å². The van der Waals surface area contributed by atoms with Gasteiger partial charge in [0.05, 0.1) is 11.4 Å². The number of aromatic amines is 1. The molecule has 0 aliphatic heterocycles. The number of fused-ring (bicyclic) bond motifs is 1. The number of nitrogens with one attached hydrogen (secondary N) is 1. The Morgan fingerprint density at radius 1 is 0.941 bits per heavy atom. The number of aromatic nitrogens is 1. The van der Waals surface area contributed by atoms with E-state index in [0.717, 1.165) is 22.3 Å². The molecule has 0 atom stereocenters. The van der Waals surface area contributed by atoms with Gasteiger partial charge in [-0.3, -0.25) is 0 Å². The van der Waals surface area contributed by atoms with Gasteiger partial charge in [-0.05, 0) is 18.6 Å². The Labute approximate surface area is 100 Å². The van der Waals surface area contributed by atoms with Gasteiger partial charge in [0.2, 0.25) is 0 Å². The van der Waals surface area contributed by atoms with Gasteiger partial charge in [-0.2, -0.15) is 0 Å². The first kappa shape index (κ1) is 9.97. The fourth-order valence-electron chi connectivity index (χ4n) is 2.23. The van der Waals surface area contributed by atoms with Crippen molar-refractivity contribution in [1.29, 1.82) is 0 Å². The van der Waals surface area contributed by atoms with Crippen LogP contribution in [0.15, 0.2) is 48.5 Å². The Kier molecular flexibility index (Phi) is 2.15. The van der Waals surface area contributed by atoms with E-state index in [1.165, 1.54) is 11.1 Å². The molecule has 0 aliphatic carbocycles. The molecule has 3 rings (SSSR count). The number of nitrogens with two attached hydrogens (primary N) is 1. The Morgan fingerprint density at radius 2 is 1.65 bits per heavy atom. The molecule has 0 radical (unpaired) electrons. The molecule has 0 amide bonds. The topological polar surface area (TPSA) is 41.8 Å². The van der Waals surface area contributed by atoms with Crippen LogP contribution in [0.25, 0.3) is 22.2 Å². The highest BCUT2D eigenvalue weighted by Gasteiger charge is 2.10. The number of rotatable bonds is 1. The molecule has 84 valence electrons. The lowest BCUT2D eigenvalue weighted by Gasteiger charge is -2.04. The van der Waals surface area contributed by atoms with Crippen LogP contribution in [-0.4, -0.2) is 4.98 Å². The number of nitrogen functional groups attached to an aromatic ring is 1. The first-order valence-corrected chi connectivity index (χ1v) is 5.69. The Balaban J connectivity index is 2.32. The second-order valence-corrected chi connectivity index (χ2v) is 4.27. The van der Waals surface area contributed by atoms with Gasteiger partial charge in [-0.1, -0.05) is 42.5 Å². The average Bonchev–Trinajstić information content (AvgIpc) is 2.68. The zero-order valence-electron chi connectivity index (χ0n) is 9.70. The number of anilines is 1. The first-order valence-electron chi connectivity index (χ1n) is 5.69. The lowest BCUT2D eigenvalue weighted by molar-refractivity contribution is 1.40. The quantitative estimate of drug-likeness (QED) is 0.647. The average molecular weight is 222 g/mol. The van der Waals surface area contributed by atoms with Crippen molar-refractivity contribution in [3.05, 3.63) is 54.1 Å². The molecule has 3 N–H and O–H groups in total. The maximum absolute atomic E-state index is 6.21. The normalized spacial score (nSPS) is 10.9. The minimum atomic E-state index is 0.829. The highest BCUT2D eigenvalue weighted by Crippen LogP contribution is 2.33. The van der Waals surface area contributed by atoms with E-state index in [2.05, 4.69) is 24.0 Å². The van der Waals surface area contributed by atoms with E-state index in [9.17, 15) is 0 Å². The number of hydrogen-bond acceptors (Lipinski definition) is 1. The third-order valence-electron chi connectivity index (χ3n) is 3.16. The summed E-state index contributed by atoms with van der Waals surface area (Å²) < 4.78 is 0. The van der Waals surface area contributed by atoms with Crippen molar-refractivity contribution in [2.24, 2.45) is 0 Å². The molecule has 0 spiro atoms. The van der Waals surface area contributed by atoms with Crippen molar-refractivity contribution in [3.63, 3.8) is 0 Å². The van der Waals surface area contributed by atoms with Crippen molar-refractivity contribution >= 4 is 16.6 Å². The second-order valence-electron chi connectivity index (χ2n) is 4.27. The molecule has 2 heteroatoms. The molecule has 0 saturated heterocycles. The number of para-hydroxylation sites is 1. The molecule has 3 aromatic rings. The summed E-state index contributed by atoms with van der Waals surface area (Å²) in [6, 6.07) is 16.4. The van der Waals surface area contributed by atoms with E-state index in [4.69, 9.17) is 5.73 Å². The van der Waals surface area contributed by atoms with Crippen molar-refractivity contribution in [2.45, 2.75) is 6.92 Å². The Hall–Kier alpha value is -2.22. The summed E-state index contributed by atoms with van der Waals surface area (Å²) in [7, 11) is 0. The van der Waals surface area contributed by atoms with E-state index >= 15 is 0 Å². The molecule has 0 fully saturated rings. The summed E-state index contributed by atoms with van der Waals surface area (Å²) in [4.78, 5) is 3.40. The maximum atomic E-state index is 6.21. The van der Waals surface area contributed by atoms with Crippen LogP contribution in [0.4, 0.5) is 5.69 Å². The molecule has 0 unspecified atom stereocenters. The van der Waals surface area contributed by atoms with Gasteiger partial charge in [0.1, 0.15) is 0 Å². The summed E-state index contributed by atoms with van der Waals surface area (Å²) in [6.45, 7) is 2.10. The predicted octanol–water partition coefficient (Wildman–Crippen LogP) is 3.73. The monoisotopic (exact) mass is 222 g/mol. The van der Waals surface area contributed by atoms with Crippen LogP contribution in [-0.2, 0) is 0 Å². The standard InChI is InChI=1S/C15H14N2/c1-10-6-2-3-7-11(10)15-14(16)12-8-4-5-9-13(12)17-15/h2-9,17H,16H2,1H3. The van der Waals surface area contributed by atoms with Crippen molar-refractivity contribution < 1.29 is 0 Å². The van der Waals surface area contributed by atoms with Gasteiger partial charge in [-0.15, -0.1) is 0 Å². The van der Waals surface area contributed by atoms with Gasteiger partial charge in [0, 0.05) is 16.5 Å². The molecule has 2 aromatic carbocycles. The molecule has 0 bridgehead atoms. The van der Waals surface area contributed by atoms with Crippen LogP contribution in [0.5, 0.6) is 0 Å². The van der Waals surface area contributed by atoms with Gasteiger partial charge < -0.3 is 10.7 Å². The zero-order valence-corrected chi connectivity index (χ0v) is 9.70. The summed E-state index contributed by atoms with van der Waals surface area (Å²) in [5.74, 6) is 0. The van der Waals surface area contributed by atoms with Gasteiger partial charge in [0.15, 0.2) is 0 Å². The molecular weight excluding hydrogens is 208 g/mol. The molecule has 17 heavy (non-hydrogen) atoms. The van der Waals surface area contributed by atoms with Gasteiger partial charge in [0.25, 0.3) is 0 Å². The minimum Gasteiger partial charge on any atom is -0.396 e. The molecule has 0 saturated carbocycles. The van der Waals surface area contributed by atoms with Crippen molar-refractivity contribution in [2.75, 3.05) is 5.73 Å². The van der Waals surface area contributed by atoms with E-state index in [1.54, 1.807) is 0 Å². The first-order chi connectivity index (χ1) is 8.27. The summed E-state index contributed by atoms with van der Waals surface area (Å²) in [5.41, 5.74) is 11.5. The molecule has 1 aromatic heterocycles. The fraction of sp³-hybridized carbons (Fsp3) is 0.0667. The van der Waals surface area contributed by atoms with Crippen LogP contribution in [0.2, 0.25) is 0 Å². The molecule has 2 nitrogen and oxygen atoms in total. The third kappa shape index (κ3) is 1.49. The highest BCUT2D eigenvalue weighted by atomic mass is 14.8. The van der Waals surface area contributed by atoms with Crippen LogP contribution in [0.3, 0.4) is 0 Å². The van der Waals surface area contributed by atoms with E-state index in [1.807, 2.05) is 36.4 Å². The summed E-state index contributed by atoms with van der Waals surface area (Å²) >= 11 is 0. The number of hydrogen-bond donors (Lipinski definition) is 2. The summed E-state index contributed by atoms with van der Waals surface area (Å²) in [5, 5.41) is 1.09. The van der Waals surface area contributed by atoms with Crippen LogP contribution >= 0.6 is 0 Å². The Morgan fingerprint density at radius 3 is 2.41 bits per heavy atom. The van der Waals surface area contributed by atoms with Crippen molar-refractivity contribution in [1.82, 2.24) is 4.98 Å². The summed E-state index contributed by atoms with van der Waals surface area (Å²) in [6.07, 6.45) is 0. The molecular formula is C15H14N2. The van der Waals surface area contributed by atoms with E-state index in [0.29, 0.717) is 0 Å². The van der Waals surface area contributed by atoms with E-state index in [-0.39, 0.29) is 0 Å². The molecule has 1 heterocycles. The van der Waals surface area contributed by atoms with Crippen LogP contribution in [0, 0.1) is 6.92 Å². The number of benzene rings is 2. The highest BCUT2D eigenvalue weighted by molar-refractivity contribution is 6.00. The minimum absolute atomic E-state index is 0.829. The van der Waals surface area contributed by atoms with Crippen LogP contribution < -0.4 is 5.73 Å². The van der Waals surface area contributed by atoms with Crippen LogP contribution in [0.1, 0.15) is 5.56 Å². The second kappa shape index (κ2) is 3.67. The van der Waals surface area contributed by atoms with E-state index < -0.39 is 0 Å². The number of H-pyrrole nitrogens is 1. The largest absolute Gasteiger partial charge is 0.396 e. The number of aryl methyl sites for hydroxylation is 1. The lowest BCUT2D eigenvalue weighted by atomic mass is 10.0. The fourth-order valence-corrected chi connectivity index (χ4v) is 2.23. The zero-order chi connectivity index (χ0) is 11.8. The van der Waals surface area contributed by atoms with Gasteiger partial charge in [-0.25, -0.2) is 0 Å². The SMILES string of the molecule is Cc1ccccc1-c1[nH]c2ccccc2c1N. The Bertz CT molecular complexity index is 680. The third-order valence-corrected chi connectivity index (χ3v) is 3.16. The maximum Gasteiger partial charge on any atom is 0.0701 e. The lowest BCUT2D eigenvalue weighted by Crippen LogP contribution is -1.89. The predicted molar refractivity (Wildman–Crippen MR) is 72.9 cm³/mol. The van der Waals surface area contributed by atoms with Gasteiger partial charge >= 0.3 is 0 Å². The molecule has 0 aliphatic rings.